The van der Waals surface area contributed by atoms with Crippen molar-refractivity contribution in [3.8, 4) is 5.69 Å². The van der Waals surface area contributed by atoms with Crippen molar-refractivity contribution in [3.05, 3.63) is 59.4 Å². The third-order valence-corrected chi connectivity index (χ3v) is 3.65. The number of anilines is 2. The number of nitrogens with zero attached hydrogens (tertiary/aromatic N) is 5. The first kappa shape index (κ1) is 15.9. The summed E-state index contributed by atoms with van der Waals surface area (Å²) in [6.07, 6.45) is 1.47. The number of tetrazole rings is 1. The molecule has 0 radical (unpaired) electrons. The molecule has 8 heteroatoms. The second-order valence-electron chi connectivity index (χ2n) is 5.31. The fourth-order valence-corrected chi connectivity index (χ4v) is 2.43. The van der Waals surface area contributed by atoms with Gasteiger partial charge in [-0.3, -0.25) is 4.79 Å². The molecule has 1 aromatic heterocycles. The van der Waals surface area contributed by atoms with Crippen LogP contribution in [-0.2, 0) is 0 Å². The lowest BCUT2D eigenvalue weighted by atomic mass is 10.1. The third kappa shape index (κ3) is 3.36. The Kier molecular flexibility index (Phi) is 4.43. The van der Waals surface area contributed by atoms with E-state index in [1.54, 1.807) is 30.3 Å². The van der Waals surface area contributed by atoms with Crippen LogP contribution in [0.15, 0.2) is 48.8 Å². The van der Waals surface area contributed by atoms with Crippen molar-refractivity contribution in [2.75, 3.05) is 24.3 Å². The van der Waals surface area contributed by atoms with E-state index >= 15 is 0 Å². The van der Waals surface area contributed by atoms with E-state index in [9.17, 15) is 4.79 Å². The molecule has 3 rings (SSSR count). The van der Waals surface area contributed by atoms with Gasteiger partial charge in [0.25, 0.3) is 5.91 Å². The zero-order chi connectivity index (χ0) is 17.1. The molecule has 0 saturated heterocycles. The average molecular weight is 343 g/mol. The Morgan fingerprint density at radius 2 is 2.04 bits per heavy atom. The Morgan fingerprint density at radius 1 is 1.21 bits per heavy atom. The van der Waals surface area contributed by atoms with E-state index in [4.69, 9.17) is 11.6 Å². The van der Waals surface area contributed by atoms with Crippen LogP contribution < -0.4 is 10.2 Å². The van der Waals surface area contributed by atoms with E-state index in [1.165, 1.54) is 11.0 Å². The van der Waals surface area contributed by atoms with Gasteiger partial charge in [0.2, 0.25) is 0 Å². The summed E-state index contributed by atoms with van der Waals surface area (Å²) in [5.41, 5.74) is 2.70. The van der Waals surface area contributed by atoms with E-state index < -0.39 is 0 Å². The van der Waals surface area contributed by atoms with Crippen molar-refractivity contribution < 1.29 is 4.79 Å². The number of hydrogen-bond donors (Lipinski definition) is 1. The van der Waals surface area contributed by atoms with Crippen LogP contribution in [-0.4, -0.2) is 40.2 Å². The summed E-state index contributed by atoms with van der Waals surface area (Å²) in [6, 6.07) is 12.4. The van der Waals surface area contributed by atoms with Gasteiger partial charge in [-0.25, -0.2) is 4.68 Å². The highest BCUT2D eigenvalue weighted by atomic mass is 35.5. The van der Waals surface area contributed by atoms with Gasteiger partial charge in [0.15, 0.2) is 0 Å². The molecule has 3 aromatic rings. The van der Waals surface area contributed by atoms with E-state index in [2.05, 4.69) is 20.8 Å². The number of aromatic nitrogens is 4. The molecule has 0 aliphatic heterocycles. The number of halogens is 1. The number of carbonyl (C=O) groups excluding carboxylic acids is 1. The van der Waals surface area contributed by atoms with Crippen LogP contribution in [0.1, 0.15) is 10.4 Å². The van der Waals surface area contributed by atoms with E-state index in [1.807, 2.05) is 31.1 Å². The van der Waals surface area contributed by atoms with Crippen LogP contribution in [0, 0.1) is 0 Å². The van der Waals surface area contributed by atoms with Crippen LogP contribution >= 0.6 is 11.6 Å². The molecule has 1 N–H and O–H groups in total. The number of rotatable bonds is 4. The fraction of sp³-hybridized carbons (Fsp3) is 0.125. The SMILES string of the molecule is CN(C)c1ccc(Cl)cc1NC(=O)c1cccc(-n2cnnn2)c1. The number of carbonyl (C=O) groups is 1. The zero-order valence-corrected chi connectivity index (χ0v) is 13.9. The number of nitrogens with one attached hydrogen (secondary N) is 1. The standard InChI is InChI=1S/C16H15ClN6O/c1-22(2)15-7-6-12(17)9-14(15)19-16(24)11-4-3-5-13(8-11)23-10-18-20-21-23/h3-10H,1-2H3,(H,19,24). The van der Waals surface area contributed by atoms with E-state index in [0.29, 0.717) is 22.0 Å². The van der Waals surface area contributed by atoms with Crippen molar-refractivity contribution in [2.24, 2.45) is 0 Å². The van der Waals surface area contributed by atoms with Crippen molar-refractivity contribution in [2.45, 2.75) is 0 Å². The van der Waals surface area contributed by atoms with Crippen molar-refractivity contribution >= 4 is 28.9 Å². The first-order valence-corrected chi connectivity index (χ1v) is 7.54. The lowest BCUT2D eigenvalue weighted by Crippen LogP contribution is -2.17. The van der Waals surface area contributed by atoms with Crippen molar-refractivity contribution in [1.82, 2.24) is 20.2 Å². The Balaban J connectivity index is 1.88. The summed E-state index contributed by atoms with van der Waals surface area (Å²) in [6.45, 7) is 0. The Labute approximate surface area is 143 Å². The Hall–Kier alpha value is -2.93. The molecule has 122 valence electrons. The molecule has 0 aliphatic carbocycles. The number of amides is 1. The van der Waals surface area contributed by atoms with Crippen molar-refractivity contribution in [3.63, 3.8) is 0 Å². The van der Waals surface area contributed by atoms with Gasteiger partial charge in [0, 0.05) is 24.7 Å². The van der Waals surface area contributed by atoms with Crippen LogP contribution in [0.25, 0.3) is 5.69 Å². The second-order valence-corrected chi connectivity index (χ2v) is 5.75. The summed E-state index contributed by atoms with van der Waals surface area (Å²) in [7, 11) is 3.80. The van der Waals surface area contributed by atoms with Crippen LogP contribution in [0.3, 0.4) is 0 Å². The van der Waals surface area contributed by atoms with E-state index in [-0.39, 0.29) is 5.91 Å². The maximum atomic E-state index is 12.6. The molecule has 0 unspecified atom stereocenters. The summed E-state index contributed by atoms with van der Waals surface area (Å²) in [4.78, 5) is 14.5. The first-order valence-electron chi connectivity index (χ1n) is 7.16. The molecular weight excluding hydrogens is 328 g/mol. The molecule has 0 aliphatic rings. The highest BCUT2D eigenvalue weighted by Crippen LogP contribution is 2.28. The molecule has 0 saturated carbocycles. The van der Waals surface area contributed by atoms with Gasteiger partial charge in [0.1, 0.15) is 6.33 Å². The van der Waals surface area contributed by atoms with Gasteiger partial charge in [0.05, 0.1) is 17.1 Å². The van der Waals surface area contributed by atoms with Gasteiger partial charge >= 0.3 is 0 Å². The normalized spacial score (nSPS) is 10.5. The van der Waals surface area contributed by atoms with Crippen LogP contribution in [0.5, 0.6) is 0 Å². The van der Waals surface area contributed by atoms with Gasteiger partial charge < -0.3 is 10.2 Å². The average Bonchev–Trinajstić information content (AvgIpc) is 3.09. The van der Waals surface area contributed by atoms with Crippen LogP contribution in [0.4, 0.5) is 11.4 Å². The molecule has 0 fully saturated rings. The van der Waals surface area contributed by atoms with Crippen LogP contribution in [0.2, 0.25) is 5.02 Å². The van der Waals surface area contributed by atoms with E-state index in [0.717, 1.165) is 5.69 Å². The summed E-state index contributed by atoms with van der Waals surface area (Å²) in [5.74, 6) is -0.240. The second kappa shape index (κ2) is 6.67. The molecular formula is C16H15ClN6O. The van der Waals surface area contributed by atoms with Crippen molar-refractivity contribution in [1.29, 1.82) is 0 Å². The first-order chi connectivity index (χ1) is 11.5. The van der Waals surface area contributed by atoms with Gasteiger partial charge in [-0.05, 0) is 46.8 Å². The largest absolute Gasteiger partial charge is 0.376 e. The highest BCUT2D eigenvalue weighted by molar-refractivity contribution is 6.31. The maximum absolute atomic E-state index is 12.6. The zero-order valence-electron chi connectivity index (χ0n) is 13.1. The Bertz CT molecular complexity index is 863. The Morgan fingerprint density at radius 3 is 2.75 bits per heavy atom. The molecule has 7 nitrogen and oxygen atoms in total. The predicted octanol–water partition coefficient (Wildman–Crippen LogP) is 2.63. The third-order valence-electron chi connectivity index (χ3n) is 3.41. The number of benzene rings is 2. The predicted molar refractivity (Wildman–Crippen MR) is 92.9 cm³/mol. The maximum Gasteiger partial charge on any atom is 0.255 e. The molecule has 2 aromatic carbocycles. The quantitative estimate of drug-likeness (QED) is 0.788. The molecule has 0 atom stereocenters. The minimum atomic E-state index is -0.240. The monoisotopic (exact) mass is 342 g/mol. The summed E-state index contributed by atoms with van der Waals surface area (Å²) < 4.78 is 1.49. The lowest BCUT2D eigenvalue weighted by Gasteiger charge is -2.18. The number of hydrogen-bond acceptors (Lipinski definition) is 5. The fourth-order valence-electron chi connectivity index (χ4n) is 2.26. The minimum absolute atomic E-state index is 0.240. The van der Waals surface area contributed by atoms with Gasteiger partial charge in [-0.15, -0.1) is 5.10 Å². The minimum Gasteiger partial charge on any atom is -0.376 e. The summed E-state index contributed by atoms with van der Waals surface area (Å²) in [5, 5.41) is 14.5. The topological polar surface area (TPSA) is 75.9 Å². The molecule has 1 heterocycles. The molecule has 24 heavy (non-hydrogen) atoms. The summed E-state index contributed by atoms with van der Waals surface area (Å²) >= 11 is 6.05. The molecule has 0 bridgehead atoms. The molecule has 1 amide bonds. The lowest BCUT2D eigenvalue weighted by molar-refractivity contribution is 0.102. The van der Waals surface area contributed by atoms with Gasteiger partial charge in [-0.2, -0.15) is 0 Å². The molecule has 0 spiro atoms. The highest BCUT2D eigenvalue weighted by Gasteiger charge is 2.12. The smallest absolute Gasteiger partial charge is 0.255 e. The van der Waals surface area contributed by atoms with Gasteiger partial charge in [-0.1, -0.05) is 17.7 Å².